The highest BCUT2D eigenvalue weighted by atomic mass is 32.3. The Morgan fingerprint density at radius 2 is 0.643 bits per heavy atom. The van der Waals surface area contributed by atoms with Crippen LogP contribution in [0, 0.1) is 0 Å². The summed E-state index contributed by atoms with van der Waals surface area (Å²) in [6.45, 7) is 0. The molecule has 0 spiro atoms. The van der Waals surface area contributed by atoms with Gasteiger partial charge in [-0.05, 0) is 0 Å². The van der Waals surface area contributed by atoms with Crippen LogP contribution in [0.25, 0.3) is 0 Å². The molecule has 0 saturated carbocycles. The lowest BCUT2D eigenvalue weighted by atomic mass is 15.8. The standard InChI is InChI=1S/2H2O4S.O3S/c2*1-5(2,3)4;1-4(2)3/h2*(H2,1,2,3,4);. The van der Waals surface area contributed by atoms with Gasteiger partial charge in [-0.3, -0.25) is 18.2 Å². The van der Waals surface area contributed by atoms with E-state index in [1.165, 1.54) is 0 Å². The summed E-state index contributed by atoms with van der Waals surface area (Å²) in [5.41, 5.74) is 0. The van der Waals surface area contributed by atoms with E-state index in [1.807, 2.05) is 0 Å². The van der Waals surface area contributed by atoms with Crippen LogP contribution < -0.4 is 0 Å². The summed E-state index contributed by atoms with van der Waals surface area (Å²) in [6, 6.07) is 0. The van der Waals surface area contributed by atoms with Crippen LogP contribution in [-0.4, -0.2) is 47.7 Å². The van der Waals surface area contributed by atoms with Gasteiger partial charge in [-0.2, -0.15) is 16.8 Å². The van der Waals surface area contributed by atoms with Gasteiger partial charge in [-0.25, -0.2) is 0 Å². The van der Waals surface area contributed by atoms with Crippen LogP contribution in [0.3, 0.4) is 0 Å². The highest BCUT2D eigenvalue weighted by molar-refractivity contribution is 7.80. The van der Waals surface area contributed by atoms with E-state index in [9.17, 15) is 0 Å². The molecule has 0 aromatic rings. The number of hydrogen-bond donors (Lipinski definition) is 4. The van der Waals surface area contributed by atoms with E-state index in [-0.39, 0.29) is 0 Å². The lowest BCUT2D eigenvalue weighted by Crippen LogP contribution is -1.89. The Morgan fingerprint density at radius 1 is 0.643 bits per heavy atom. The molecule has 0 aliphatic rings. The summed E-state index contributed by atoms with van der Waals surface area (Å²) in [5.74, 6) is 0. The third-order valence-corrected chi connectivity index (χ3v) is 0. The quantitative estimate of drug-likeness (QED) is 0.346. The van der Waals surface area contributed by atoms with Crippen molar-refractivity contribution in [3.63, 3.8) is 0 Å². The normalized spacial score (nSPS) is 10.0. The third kappa shape index (κ3) is 2980. The van der Waals surface area contributed by atoms with Crippen LogP contribution in [-0.2, 0) is 31.4 Å². The van der Waals surface area contributed by atoms with Gasteiger partial charge in [0.05, 0.1) is 0 Å². The molecule has 14 heteroatoms. The molecule has 0 atom stereocenters. The molecule has 0 aromatic carbocycles. The average Bonchev–Trinajstić information content (AvgIpc) is 1.45. The second-order valence-corrected chi connectivity index (χ2v) is 3.30. The van der Waals surface area contributed by atoms with E-state index in [0.717, 1.165) is 0 Å². The molecule has 0 heterocycles. The molecule has 0 radical (unpaired) electrons. The first-order chi connectivity index (χ1) is 5.73. The molecule has 0 aliphatic carbocycles. The maximum absolute atomic E-state index is 8.74. The molecule has 0 saturated heterocycles. The van der Waals surface area contributed by atoms with Gasteiger partial charge in [-0.15, -0.1) is 12.6 Å². The Hall–Kier alpha value is -0.640. The summed E-state index contributed by atoms with van der Waals surface area (Å²) in [6.07, 6.45) is 0. The van der Waals surface area contributed by atoms with Gasteiger partial charge in [0.2, 0.25) is 0 Å². The fourth-order valence-corrected chi connectivity index (χ4v) is 0. The fraction of sp³-hybridized carbons (Fsp3) is 0. The number of hydrogen-bond acceptors (Lipinski definition) is 7. The third-order valence-electron chi connectivity index (χ3n) is 0. The van der Waals surface area contributed by atoms with Crippen LogP contribution in [0.5, 0.6) is 0 Å². The molecule has 4 N–H and O–H groups in total. The maximum atomic E-state index is 8.74. The number of rotatable bonds is 0. The van der Waals surface area contributed by atoms with Gasteiger partial charge in [0.25, 0.3) is 0 Å². The molecule has 14 heavy (non-hydrogen) atoms. The molecule has 0 rings (SSSR count). The van der Waals surface area contributed by atoms with Gasteiger partial charge >= 0.3 is 31.4 Å². The molecule has 0 unspecified atom stereocenters. The molecule has 88 valence electrons. The second-order valence-electron chi connectivity index (χ2n) is 1.10. The predicted octanol–water partition coefficient (Wildman–Crippen LogP) is -2.31. The monoisotopic (exact) mass is 276 g/mol. The molecule has 0 aromatic heterocycles. The summed E-state index contributed by atoms with van der Waals surface area (Å²) in [4.78, 5) is 0. The fourth-order valence-electron chi connectivity index (χ4n) is 0. The highest BCUT2D eigenvalue weighted by Gasteiger charge is 1.85. The highest BCUT2D eigenvalue weighted by Crippen LogP contribution is 1.59. The van der Waals surface area contributed by atoms with E-state index in [0.29, 0.717) is 0 Å². The van der Waals surface area contributed by atoms with Crippen LogP contribution in [0.15, 0.2) is 0 Å². The zero-order valence-corrected chi connectivity index (χ0v) is 8.32. The molecule has 0 aliphatic heterocycles. The largest absolute Gasteiger partial charge is 0.425 e. The van der Waals surface area contributed by atoms with E-state index in [4.69, 9.17) is 47.7 Å². The van der Waals surface area contributed by atoms with E-state index >= 15 is 0 Å². The molecule has 0 bridgehead atoms. The van der Waals surface area contributed by atoms with Crippen molar-refractivity contribution in [1.82, 2.24) is 0 Å². The lowest BCUT2D eigenvalue weighted by Gasteiger charge is -1.68. The zero-order chi connectivity index (χ0) is 12.6. The predicted molar refractivity (Wildman–Crippen MR) is 38.1 cm³/mol. The van der Waals surface area contributed by atoms with Crippen molar-refractivity contribution in [1.29, 1.82) is 0 Å². The summed E-state index contributed by atoms with van der Waals surface area (Å²) in [5, 5.41) is 0. The van der Waals surface area contributed by atoms with Crippen molar-refractivity contribution in [3.05, 3.63) is 0 Å². The van der Waals surface area contributed by atoms with Crippen molar-refractivity contribution in [3.8, 4) is 0 Å². The SMILES string of the molecule is O=S(=O)(O)O.O=S(=O)(O)O.O=S(=O)=O. The molecular formula is H4O11S3. The first-order valence-electron chi connectivity index (χ1n) is 1.90. The van der Waals surface area contributed by atoms with Crippen molar-refractivity contribution in [2.45, 2.75) is 0 Å². The van der Waals surface area contributed by atoms with Crippen LogP contribution in [0.1, 0.15) is 0 Å². The summed E-state index contributed by atoms with van der Waals surface area (Å²) >= 11 is 0. The van der Waals surface area contributed by atoms with Gasteiger partial charge in [0, 0.05) is 0 Å². The minimum atomic E-state index is -4.67. The average molecular weight is 276 g/mol. The van der Waals surface area contributed by atoms with E-state index in [1.54, 1.807) is 0 Å². The van der Waals surface area contributed by atoms with Gasteiger partial charge in [-0.1, -0.05) is 0 Å². The van der Waals surface area contributed by atoms with Gasteiger partial charge in [0.1, 0.15) is 0 Å². The summed E-state index contributed by atoms with van der Waals surface area (Å²) in [7, 11) is -12.4. The first kappa shape index (κ1) is 19.0. The maximum Gasteiger partial charge on any atom is 0.425 e. The Bertz CT molecular complexity index is 359. The molecular weight excluding hydrogens is 272 g/mol. The Kier molecular flexibility index (Phi) is 10.5. The van der Waals surface area contributed by atoms with E-state index in [2.05, 4.69) is 0 Å². The second kappa shape index (κ2) is 7.74. The Balaban J connectivity index is -0.000000131. The van der Waals surface area contributed by atoms with E-state index < -0.39 is 31.4 Å². The lowest BCUT2D eigenvalue weighted by molar-refractivity contribution is 0.378. The summed E-state index contributed by atoms with van der Waals surface area (Å²) < 4.78 is 88.5. The van der Waals surface area contributed by atoms with Gasteiger partial charge < -0.3 is 0 Å². The van der Waals surface area contributed by atoms with Crippen molar-refractivity contribution < 1.29 is 47.7 Å². The minimum absolute atomic E-state index is 3.11. The Labute approximate surface area is 79.6 Å². The molecule has 0 amide bonds. The molecule has 11 nitrogen and oxygen atoms in total. The van der Waals surface area contributed by atoms with Crippen LogP contribution >= 0.6 is 0 Å². The minimum Gasteiger partial charge on any atom is -0.264 e. The van der Waals surface area contributed by atoms with Crippen LogP contribution in [0.4, 0.5) is 0 Å². The van der Waals surface area contributed by atoms with Crippen molar-refractivity contribution in [2.75, 3.05) is 0 Å². The van der Waals surface area contributed by atoms with Crippen LogP contribution in [0.2, 0.25) is 0 Å². The van der Waals surface area contributed by atoms with Crippen molar-refractivity contribution in [2.24, 2.45) is 0 Å². The smallest absolute Gasteiger partial charge is 0.264 e. The van der Waals surface area contributed by atoms with Gasteiger partial charge in [0.15, 0.2) is 0 Å². The van der Waals surface area contributed by atoms with Crippen molar-refractivity contribution >= 4 is 31.4 Å². The molecule has 0 fully saturated rings. The Morgan fingerprint density at radius 3 is 0.643 bits per heavy atom. The first-order valence-corrected chi connectivity index (χ1v) is 5.69. The zero-order valence-electron chi connectivity index (χ0n) is 5.87. The topological polar surface area (TPSA) is 200 Å².